The Morgan fingerprint density at radius 2 is 1.95 bits per heavy atom. The molecule has 0 spiro atoms. The smallest absolute Gasteiger partial charge is 0.254 e. The van der Waals surface area contributed by atoms with E-state index in [9.17, 15) is 9.59 Å². The molecule has 0 bridgehead atoms. The molecule has 0 aliphatic heterocycles. The van der Waals surface area contributed by atoms with Crippen molar-refractivity contribution in [3.8, 4) is 0 Å². The first-order valence-electron chi connectivity index (χ1n) is 6.45. The number of rotatable bonds is 5. The van der Waals surface area contributed by atoms with Gasteiger partial charge >= 0.3 is 0 Å². The monoisotopic (exact) mass is 297 g/mol. The van der Waals surface area contributed by atoms with E-state index in [1.54, 1.807) is 13.0 Å². The van der Waals surface area contributed by atoms with Crippen LogP contribution in [0.4, 0.5) is 5.69 Å². The lowest BCUT2D eigenvalue weighted by Gasteiger charge is -2.16. The van der Waals surface area contributed by atoms with Crippen LogP contribution in [0.3, 0.4) is 0 Å². The van der Waals surface area contributed by atoms with Gasteiger partial charge < -0.3 is 16.4 Å². The van der Waals surface area contributed by atoms with Gasteiger partial charge in [-0.3, -0.25) is 9.59 Å². The van der Waals surface area contributed by atoms with Crippen LogP contribution in [0.2, 0.25) is 5.02 Å². The summed E-state index contributed by atoms with van der Waals surface area (Å²) in [5.74, 6) is -0.264. The average Bonchev–Trinajstić information content (AvgIpc) is 2.35. The van der Waals surface area contributed by atoms with Crippen LogP contribution in [-0.2, 0) is 4.79 Å². The van der Waals surface area contributed by atoms with E-state index in [2.05, 4.69) is 10.6 Å². The highest BCUT2D eigenvalue weighted by atomic mass is 35.5. The van der Waals surface area contributed by atoms with Gasteiger partial charge in [-0.2, -0.15) is 0 Å². The topological polar surface area (TPSA) is 84.2 Å². The van der Waals surface area contributed by atoms with Gasteiger partial charge in [0.25, 0.3) is 5.91 Å². The molecule has 1 aromatic rings. The number of carbonyl (C=O) groups excluding carboxylic acids is 2. The van der Waals surface area contributed by atoms with Crippen LogP contribution >= 0.6 is 11.6 Å². The molecular formula is C14H20ClN3O2. The van der Waals surface area contributed by atoms with E-state index in [4.69, 9.17) is 17.3 Å². The van der Waals surface area contributed by atoms with Gasteiger partial charge in [0.1, 0.15) is 6.04 Å². The predicted octanol–water partition coefficient (Wildman–Crippen LogP) is 1.81. The number of nitrogen functional groups attached to an aromatic ring is 1. The summed E-state index contributed by atoms with van der Waals surface area (Å²) in [5, 5.41) is 5.82. The molecule has 0 radical (unpaired) electrons. The van der Waals surface area contributed by atoms with Crippen molar-refractivity contribution in [3.63, 3.8) is 0 Å². The summed E-state index contributed by atoms with van der Waals surface area (Å²) in [6, 6.07) is 3.98. The first-order valence-corrected chi connectivity index (χ1v) is 6.82. The van der Waals surface area contributed by atoms with Gasteiger partial charge in [-0.15, -0.1) is 0 Å². The van der Waals surface area contributed by atoms with Crippen LogP contribution < -0.4 is 16.4 Å². The van der Waals surface area contributed by atoms with Crippen LogP contribution in [0, 0.1) is 5.92 Å². The fourth-order valence-corrected chi connectivity index (χ4v) is 1.72. The standard InChI is InChI=1S/C14H20ClN3O2/c1-8(2)7-17-13(19)9(3)18-14(20)11-5-4-10(15)6-12(11)16/h4-6,8-9H,7,16H2,1-3H3,(H,17,19)(H,18,20). The normalized spacial score (nSPS) is 12.1. The van der Waals surface area contributed by atoms with Crippen molar-refractivity contribution in [1.29, 1.82) is 0 Å². The number of nitrogens with two attached hydrogens (primary N) is 1. The molecule has 0 saturated carbocycles. The Labute approximate surface area is 123 Å². The van der Waals surface area contributed by atoms with Crippen molar-refractivity contribution in [2.75, 3.05) is 12.3 Å². The summed E-state index contributed by atoms with van der Waals surface area (Å²) >= 11 is 5.77. The second-order valence-corrected chi connectivity index (χ2v) is 5.50. The third kappa shape index (κ3) is 4.74. The molecular weight excluding hydrogens is 278 g/mol. The minimum absolute atomic E-state index is 0.223. The third-order valence-corrected chi connectivity index (χ3v) is 2.92. The fourth-order valence-electron chi connectivity index (χ4n) is 1.54. The number of carbonyl (C=O) groups is 2. The second-order valence-electron chi connectivity index (χ2n) is 5.07. The highest BCUT2D eigenvalue weighted by molar-refractivity contribution is 6.31. The van der Waals surface area contributed by atoms with Gasteiger partial charge in [0.05, 0.1) is 5.56 Å². The molecule has 0 aromatic heterocycles. The molecule has 4 N–H and O–H groups in total. The molecule has 0 fully saturated rings. The summed E-state index contributed by atoms with van der Waals surface area (Å²) in [5.41, 5.74) is 6.31. The van der Waals surface area contributed by atoms with E-state index in [-0.39, 0.29) is 11.6 Å². The molecule has 1 aromatic carbocycles. The van der Waals surface area contributed by atoms with E-state index >= 15 is 0 Å². The van der Waals surface area contributed by atoms with Gasteiger partial charge in [0.2, 0.25) is 5.91 Å². The van der Waals surface area contributed by atoms with Crippen LogP contribution in [0.1, 0.15) is 31.1 Å². The average molecular weight is 298 g/mol. The zero-order valence-corrected chi connectivity index (χ0v) is 12.6. The molecule has 0 heterocycles. The van der Waals surface area contributed by atoms with Crippen LogP contribution in [0.15, 0.2) is 18.2 Å². The highest BCUT2D eigenvalue weighted by Gasteiger charge is 2.18. The van der Waals surface area contributed by atoms with Crippen molar-refractivity contribution >= 4 is 29.1 Å². The lowest BCUT2D eigenvalue weighted by molar-refractivity contribution is -0.122. The molecule has 0 saturated heterocycles. The van der Waals surface area contributed by atoms with E-state index < -0.39 is 11.9 Å². The summed E-state index contributed by atoms with van der Waals surface area (Å²) in [6.07, 6.45) is 0. The largest absolute Gasteiger partial charge is 0.398 e. The minimum atomic E-state index is -0.628. The van der Waals surface area contributed by atoms with Crippen molar-refractivity contribution in [3.05, 3.63) is 28.8 Å². The number of hydrogen-bond acceptors (Lipinski definition) is 3. The summed E-state index contributed by atoms with van der Waals surface area (Å²) < 4.78 is 0. The number of hydrogen-bond donors (Lipinski definition) is 3. The van der Waals surface area contributed by atoms with E-state index in [0.29, 0.717) is 23.0 Å². The molecule has 1 rings (SSSR count). The van der Waals surface area contributed by atoms with Crippen molar-refractivity contribution in [2.24, 2.45) is 5.92 Å². The first-order chi connectivity index (χ1) is 9.31. The number of nitrogens with one attached hydrogen (secondary N) is 2. The van der Waals surface area contributed by atoms with Crippen LogP contribution in [0.5, 0.6) is 0 Å². The summed E-state index contributed by atoms with van der Waals surface area (Å²) in [4.78, 5) is 23.8. The zero-order valence-electron chi connectivity index (χ0n) is 11.9. The van der Waals surface area contributed by atoms with E-state index in [1.165, 1.54) is 12.1 Å². The SMILES string of the molecule is CC(C)CNC(=O)C(C)NC(=O)c1ccc(Cl)cc1N. The van der Waals surface area contributed by atoms with E-state index in [1.807, 2.05) is 13.8 Å². The molecule has 0 aliphatic carbocycles. The minimum Gasteiger partial charge on any atom is -0.398 e. The maximum atomic E-state index is 12.0. The molecule has 1 atom stereocenters. The lowest BCUT2D eigenvalue weighted by Crippen LogP contribution is -2.45. The van der Waals surface area contributed by atoms with Gasteiger partial charge in [-0.25, -0.2) is 0 Å². The Hall–Kier alpha value is -1.75. The highest BCUT2D eigenvalue weighted by Crippen LogP contribution is 2.17. The fraction of sp³-hybridized carbons (Fsp3) is 0.429. The van der Waals surface area contributed by atoms with Crippen molar-refractivity contribution in [2.45, 2.75) is 26.8 Å². The zero-order chi connectivity index (χ0) is 15.3. The molecule has 6 heteroatoms. The maximum Gasteiger partial charge on any atom is 0.254 e. The molecule has 20 heavy (non-hydrogen) atoms. The number of halogens is 1. The summed E-state index contributed by atoms with van der Waals surface area (Å²) in [7, 11) is 0. The Balaban J connectivity index is 2.63. The van der Waals surface area contributed by atoms with Crippen LogP contribution in [0.25, 0.3) is 0 Å². The molecule has 2 amide bonds. The quantitative estimate of drug-likeness (QED) is 0.725. The Kier molecular flexibility index (Phi) is 5.82. The molecule has 5 nitrogen and oxygen atoms in total. The van der Waals surface area contributed by atoms with Crippen molar-refractivity contribution in [1.82, 2.24) is 10.6 Å². The Morgan fingerprint density at radius 1 is 1.30 bits per heavy atom. The van der Waals surface area contributed by atoms with Gasteiger partial charge in [0, 0.05) is 17.3 Å². The molecule has 110 valence electrons. The second kappa shape index (κ2) is 7.14. The Bertz CT molecular complexity index is 503. The van der Waals surface area contributed by atoms with Crippen LogP contribution in [-0.4, -0.2) is 24.4 Å². The lowest BCUT2D eigenvalue weighted by atomic mass is 10.1. The van der Waals surface area contributed by atoms with Crippen molar-refractivity contribution < 1.29 is 9.59 Å². The molecule has 1 unspecified atom stereocenters. The van der Waals surface area contributed by atoms with E-state index in [0.717, 1.165) is 0 Å². The van der Waals surface area contributed by atoms with Gasteiger partial charge in [-0.05, 0) is 31.0 Å². The Morgan fingerprint density at radius 3 is 2.50 bits per heavy atom. The number of anilines is 1. The molecule has 0 aliphatic rings. The van der Waals surface area contributed by atoms with Gasteiger partial charge in [0.15, 0.2) is 0 Å². The number of benzene rings is 1. The summed E-state index contributed by atoms with van der Waals surface area (Å²) in [6.45, 7) is 6.19. The number of amides is 2. The third-order valence-electron chi connectivity index (χ3n) is 2.68. The first kappa shape index (κ1) is 16.3. The predicted molar refractivity (Wildman–Crippen MR) is 80.6 cm³/mol. The van der Waals surface area contributed by atoms with Gasteiger partial charge in [-0.1, -0.05) is 25.4 Å². The maximum absolute atomic E-state index is 12.0.